The van der Waals surface area contributed by atoms with Crippen LogP contribution in [0.2, 0.25) is 0 Å². The van der Waals surface area contributed by atoms with Crippen molar-refractivity contribution in [2.24, 2.45) is 16.4 Å². The molecule has 1 spiro atoms. The van der Waals surface area contributed by atoms with Gasteiger partial charge in [-0.3, -0.25) is 0 Å². The molecule has 0 radical (unpaired) electrons. The molecule has 4 heterocycles. The zero-order valence-electron chi connectivity index (χ0n) is 18.1. The van der Waals surface area contributed by atoms with Crippen LogP contribution in [0.5, 0.6) is 0 Å². The average Bonchev–Trinajstić information content (AvgIpc) is 3.52. The fourth-order valence-electron chi connectivity index (χ4n) is 5.55. The van der Waals surface area contributed by atoms with Gasteiger partial charge in [0.05, 0.1) is 11.4 Å². The number of pyridine rings is 1. The highest BCUT2D eigenvalue weighted by molar-refractivity contribution is 5.79. The number of halogens is 1. The van der Waals surface area contributed by atoms with Gasteiger partial charge in [-0.05, 0) is 78.9 Å². The number of azide groups is 1. The third-order valence-corrected chi connectivity index (χ3v) is 7.31. The largest absolute Gasteiger partial charge is 0.327 e. The Morgan fingerprint density at radius 2 is 1.91 bits per heavy atom. The van der Waals surface area contributed by atoms with E-state index in [1.165, 1.54) is 12.1 Å². The zero-order chi connectivity index (χ0) is 22.4. The van der Waals surface area contributed by atoms with E-state index in [1.807, 2.05) is 12.3 Å². The Hall–Kier alpha value is -3.71. The predicted molar refractivity (Wildman–Crippen MR) is 122 cm³/mol. The van der Waals surface area contributed by atoms with Crippen LogP contribution in [0, 0.1) is 17.2 Å². The van der Waals surface area contributed by atoms with E-state index >= 15 is 0 Å². The van der Waals surface area contributed by atoms with E-state index in [2.05, 4.69) is 30.7 Å². The Labute approximate surface area is 189 Å². The van der Waals surface area contributed by atoms with Gasteiger partial charge < -0.3 is 4.57 Å². The van der Waals surface area contributed by atoms with Crippen LogP contribution in [-0.2, 0) is 13.0 Å². The Morgan fingerprint density at radius 3 is 2.70 bits per heavy atom. The molecule has 9 heteroatoms. The summed E-state index contributed by atoms with van der Waals surface area (Å²) in [6.45, 7) is 1.50. The summed E-state index contributed by atoms with van der Waals surface area (Å²) in [5.41, 5.74) is 13.5. The van der Waals surface area contributed by atoms with E-state index in [0.717, 1.165) is 72.6 Å². The van der Waals surface area contributed by atoms with Gasteiger partial charge in [0.15, 0.2) is 5.65 Å². The van der Waals surface area contributed by atoms with Crippen molar-refractivity contribution in [3.63, 3.8) is 0 Å². The van der Waals surface area contributed by atoms with Crippen molar-refractivity contribution in [1.82, 2.24) is 24.1 Å². The molecule has 1 aromatic carbocycles. The highest BCUT2D eigenvalue weighted by atomic mass is 19.1. The normalized spacial score (nSPS) is 21.9. The maximum absolute atomic E-state index is 13.6. The fraction of sp³-hybridized carbons (Fsp3) is 0.375. The molecule has 0 N–H and O–H groups in total. The first-order valence-corrected chi connectivity index (χ1v) is 11.3. The third-order valence-electron chi connectivity index (χ3n) is 7.31. The van der Waals surface area contributed by atoms with Crippen molar-refractivity contribution in [1.29, 1.82) is 0 Å². The first-order valence-electron chi connectivity index (χ1n) is 11.3. The molecule has 1 aliphatic carbocycles. The summed E-state index contributed by atoms with van der Waals surface area (Å²) in [7, 11) is 0. The number of nitrogens with zero attached hydrogens (tertiary/aromatic N) is 8. The lowest BCUT2D eigenvalue weighted by atomic mass is 9.69. The molecule has 3 aromatic heterocycles. The SMILES string of the molecule is [N-]=[N+]=NCC1CCC2(CC1)Cc1nc(-c3ccc(F)cc3)c(-c3ccc4ncnn4c3)n1C2. The molecule has 0 unspecified atom stereocenters. The summed E-state index contributed by atoms with van der Waals surface area (Å²) in [6.07, 6.45) is 8.84. The number of fused-ring (bicyclic) bond motifs is 2. The van der Waals surface area contributed by atoms with Crippen LogP contribution in [0.4, 0.5) is 4.39 Å². The number of rotatable bonds is 4. The average molecular weight is 443 g/mol. The van der Waals surface area contributed by atoms with Crippen molar-refractivity contribution in [3.05, 3.63) is 71.0 Å². The molecule has 1 aliphatic heterocycles. The minimum Gasteiger partial charge on any atom is -0.327 e. The van der Waals surface area contributed by atoms with Crippen molar-refractivity contribution in [2.45, 2.75) is 38.6 Å². The van der Waals surface area contributed by atoms with E-state index in [9.17, 15) is 4.39 Å². The first kappa shape index (κ1) is 19.9. The van der Waals surface area contributed by atoms with Crippen LogP contribution in [-0.4, -0.2) is 30.7 Å². The Kier molecular flexibility index (Phi) is 4.66. The van der Waals surface area contributed by atoms with Gasteiger partial charge in [-0.2, -0.15) is 5.10 Å². The van der Waals surface area contributed by atoms with Crippen LogP contribution < -0.4 is 0 Å². The number of imidazole rings is 1. The van der Waals surface area contributed by atoms with Crippen molar-refractivity contribution < 1.29 is 4.39 Å². The lowest BCUT2D eigenvalue weighted by molar-refractivity contribution is 0.150. The van der Waals surface area contributed by atoms with Crippen LogP contribution in [0.25, 0.3) is 38.6 Å². The summed E-state index contributed by atoms with van der Waals surface area (Å²) in [5, 5.41) is 8.09. The maximum atomic E-state index is 13.6. The lowest BCUT2D eigenvalue weighted by Gasteiger charge is -2.36. The Morgan fingerprint density at radius 1 is 1.12 bits per heavy atom. The van der Waals surface area contributed by atoms with Crippen LogP contribution in [0.3, 0.4) is 0 Å². The summed E-state index contributed by atoms with van der Waals surface area (Å²) in [6, 6.07) is 10.6. The van der Waals surface area contributed by atoms with Crippen LogP contribution in [0.1, 0.15) is 31.5 Å². The van der Waals surface area contributed by atoms with Crippen LogP contribution in [0.15, 0.2) is 54.0 Å². The van der Waals surface area contributed by atoms with Crippen molar-refractivity contribution in [2.75, 3.05) is 6.54 Å². The minimum atomic E-state index is -0.257. The van der Waals surface area contributed by atoms with Gasteiger partial charge in [0.25, 0.3) is 0 Å². The standard InChI is InChI=1S/C24H23FN8/c25-19-4-1-17(2-5-19)22-23(18-3-6-20-27-15-29-33(20)13-18)32-14-24(11-21(32)30-22)9-7-16(8-10-24)12-28-31-26/h1-6,13,15-16H,7-12,14H2. The third kappa shape index (κ3) is 3.45. The number of aromatic nitrogens is 5. The molecule has 0 atom stereocenters. The smallest absolute Gasteiger partial charge is 0.155 e. The number of hydrogen-bond acceptors (Lipinski definition) is 4. The second-order valence-electron chi connectivity index (χ2n) is 9.33. The molecule has 4 aromatic rings. The van der Waals surface area contributed by atoms with Crippen LogP contribution >= 0.6 is 0 Å². The Bertz CT molecular complexity index is 1370. The van der Waals surface area contributed by atoms with E-state index in [4.69, 9.17) is 10.5 Å². The summed E-state index contributed by atoms with van der Waals surface area (Å²) < 4.78 is 17.7. The molecule has 166 valence electrons. The van der Waals surface area contributed by atoms with Crippen molar-refractivity contribution in [3.8, 4) is 22.5 Å². The molecule has 2 aliphatic rings. The van der Waals surface area contributed by atoms with E-state index in [-0.39, 0.29) is 11.2 Å². The summed E-state index contributed by atoms with van der Waals surface area (Å²) in [5.74, 6) is 1.30. The van der Waals surface area contributed by atoms with Crippen molar-refractivity contribution >= 4 is 5.65 Å². The first-order chi connectivity index (χ1) is 16.1. The molecule has 0 saturated heterocycles. The number of hydrogen-bond donors (Lipinski definition) is 0. The van der Waals surface area contributed by atoms with Gasteiger partial charge in [0.2, 0.25) is 0 Å². The quantitative estimate of drug-likeness (QED) is 0.239. The Balaban J connectivity index is 1.40. The molecular weight excluding hydrogens is 419 g/mol. The lowest BCUT2D eigenvalue weighted by Crippen LogP contribution is -2.30. The zero-order valence-corrected chi connectivity index (χ0v) is 18.1. The summed E-state index contributed by atoms with van der Waals surface area (Å²) >= 11 is 0. The molecule has 6 rings (SSSR count). The highest BCUT2D eigenvalue weighted by Crippen LogP contribution is 2.49. The second kappa shape index (κ2) is 7.71. The van der Waals surface area contributed by atoms with Gasteiger partial charge in [-0.1, -0.05) is 5.11 Å². The van der Waals surface area contributed by atoms with E-state index in [0.29, 0.717) is 12.5 Å². The second-order valence-corrected chi connectivity index (χ2v) is 9.33. The van der Waals surface area contributed by atoms with E-state index < -0.39 is 0 Å². The molecule has 1 saturated carbocycles. The predicted octanol–water partition coefficient (Wildman–Crippen LogP) is 5.44. The summed E-state index contributed by atoms with van der Waals surface area (Å²) in [4.78, 5) is 12.3. The monoisotopic (exact) mass is 442 g/mol. The molecule has 8 nitrogen and oxygen atoms in total. The van der Waals surface area contributed by atoms with Gasteiger partial charge >= 0.3 is 0 Å². The topological polar surface area (TPSA) is 96.8 Å². The van der Waals surface area contributed by atoms with Gasteiger partial charge in [-0.25, -0.2) is 18.9 Å². The van der Waals surface area contributed by atoms with Gasteiger partial charge in [0.1, 0.15) is 18.0 Å². The molecular formula is C24H23FN8. The molecule has 0 amide bonds. The van der Waals surface area contributed by atoms with E-state index in [1.54, 1.807) is 23.0 Å². The fourth-order valence-corrected chi connectivity index (χ4v) is 5.55. The van der Waals surface area contributed by atoms with Gasteiger partial charge in [-0.15, -0.1) is 0 Å². The van der Waals surface area contributed by atoms with Gasteiger partial charge in [0, 0.05) is 41.7 Å². The maximum Gasteiger partial charge on any atom is 0.155 e. The molecule has 0 bridgehead atoms. The number of benzene rings is 1. The molecule has 1 fully saturated rings. The molecule has 33 heavy (non-hydrogen) atoms. The minimum absolute atomic E-state index is 0.197. The highest BCUT2D eigenvalue weighted by Gasteiger charge is 2.43.